The van der Waals surface area contributed by atoms with Gasteiger partial charge in [-0.15, -0.1) is 0 Å². The summed E-state index contributed by atoms with van der Waals surface area (Å²) in [4.78, 5) is 30.6. The van der Waals surface area contributed by atoms with E-state index in [0.29, 0.717) is 44.0 Å². The van der Waals surface area contributed by atoms with Crippen LogP contribution in [0.25, 0.3) is 0 Å². The first kappa shape index (κ1) is 19.2. The minimum atomic E-state index is -2.91. The average Bonchev–Trinajstić information content (AvgIpc) is 3.06. The van der Waals surface area contributed by atoms with Gasteiger partial charge in [-0.25, -0.2) is 8.42 Å². The number of fused-ring (bicyclic) bond motifs is 1. The van der Waals surface area contributed by atoms with Crippen molar-refractivity contribution in [1.82, 2.24) is 9.80 Å². The zero-order valence-corrected chi connectivity index (χ0v) is 16.7. The van der Waals surface area contributed by atoms with Crippen LogP contribution < -0.4 is 9.64 Å². The molecule has 152 valence electrons. The number of para-hydroxylation sites is 2. The lowest BCUT2D eigenvalue weighted by atomic mass is 10.1. The van der Waals surface area contributed by atoms with Crippen LogP contribution in [0.1, 0.15) is 13.3 Å². The van der Waals surface area contributed by atoms with Gasteiger partial charge in [-0.3, -0.25) is 14.5 Å². The zero-order valence-electron chi connectivity index (χ0n) is 15.9. The average molecular weight is 407 g/mol. The molecule has 0 spiro atoms. The molecule has 2 saturated heterocycles. The van der Waals surface area contributed by atoms with E-state index in [1.807, 2.05) is 18.2 Å². The van der Waals surface area contributed by atoms with Crippen molar-refractivity contribution in [3.8, 4) is 5.75 Å². The van der Waals surface area contributed by atoms with Crippen LogP contribution in [0.5, 0.6) is 5.75 Å². The molecule has 0 N–H and O–H groups in total. The normalized spacial score (nSPS) is 27.2. The van der Waals surface area contributed by atoms with Gasteiger partial charge >= 0.3 is 0 Å². The number of carbonyl (C=O) groups excluding carboxylic acids is 2. The molecule has 0 unspecified atom stereocenters. The largest absolute Gasteiger partial charge is 0.476 e. The molecule has 2 amide bonds. The summed E-state index contributed by atoms with van der Waals surface area (Å²) in [5, 5.41) is 0. The molecule has 0 radical (unpaired) electrons. The molecular weight excluding hydrogens is 382 g/mol. The van der Waals surface area contributed by atoms with Gasteiger partial charge in [-0.1, -0.05) is 12.1 Å². The van der Waals surface area contributed by atoms with Gasteiger partial charge in [0.2, 0.25) is 5.91 Å². The monoisotopic (exact) mass is 407 g/mol. The number of rotatable bonds is 2. The number of hydrogen-bond donors (Lipinski definition) is 0. The number of nitrogens with zero attached hydrogens (tertiary/aromatic N) is 3. The first-order chi connectivity index (χ1) is 13.3. The number of anilines is 1. The lowest BCUT2D eigenvalue weighted by molar-refractivity contribution is -0.140. The predicted octanol–water partition coefficient (Wildman–Crippen LogP) is 0.132. The first-order valence-electron chi connectivity index (χ1n) is 9.61. The summed E-state index contributed by atoms with van der Waals surface area (Å²) in [7, 11) is -2.91. The van der Waals surface area contributed by atoms with Crippen LogP contribution in [-0.2, 0) is 19.4 Å². The van der Waals surface area contributed by atoms with E-state index < -0.39 is 15.9 Å². The van der Waals surface area contributed by atoms with Gasteiger partial charge in [0.1, 0.15) is 5.75 Å². The number of amides is 2. The highest BCUT2D eigenvalue weighted by atomic mass is 32.2. The quantitative estimate of drug-likeness (QED) is 0.693. The number of piperazine rings is 1. The number of carbonyl (C=O) groups is 2. The molecule has 0 aliphatic carbocycles. The zero-order chi connectivity index (χ0) is 19.9. The second-order valence-corrected chi connectivity index (χ2v) is 9.85. The fourth-order valence-corrected chi connectivity index (χ4v) is 6.00. The van der Waals surface area contributed by atoms with E-state index in [0.717, 1.165) is 0 Å². The van der Waals surface area contributed by atoms with Crippen LogP contribution in [0, 0.1) is 0 Å². The number of sulfone groups is 1. The smallest absolute Gasteiger partial charge is 0.265 e. The van der Waals surface area contributed by atoms with E-state index in [1.165, 1.54) is 6.92 Å². The second kappa shape index (κ2) is 7.36. The van der Waals surface area contributed by atoms with Crippen molar-refractivity contribution < 1.29 is 22.7 Å². The molecule has 0 bridgehead atoms. The molecule has 3 heterocycles. The maximum absolute atomic E-state index is 13.0. The molecule has 9 heteroatoms. The summed E-state index contributed by atoms with van der Waals surface area (Å²) in [6.07, 6.45) is -0.0518. The summed E-state index contributed by atoms with van der Waals surface area (Å²) in [6, 6.07) is 7.30. The van der Waals surface area contributed by atoms with Crippen LogP contribution in [0.15, 0.2) is 24.3 Å². The summed E-state index contributed by atoms with van der Waals surface area (Å²) in [5.74, 6) is 0.765. The molecule has 1 aromatic rings. The Morgan fingerprint density at radius 2 is 1.82 bits per heavy atom. The van der Waals surface area contributed by atoms with Gasteiger partial charge in [0.05, 0.1) is 23.7 Å². The minimum Gasteiger partial charge on any atom is -0.476 e. The summed E-state index contributed by atoms with van der Waals surface area (Å²) in [6.45, 7) is 4.08. The fourth-order valence-electron chi connectivity index (χ4n) is 4.24. The summed E-state index contributed by atoms with van der Waals surface area (Å²) >= 11 is 0. The Morgan fingerprint density at radius 1 is 1.11 bits per heavy atom. The third kappa shape index (κ3) is 3.73. The Bertz CT molecular complexity index is 879. The van der Waals surface area contributed by atoms with Crippen molar-refractivity contribution in [3.63, 3.8) is 0 Å². The molecular formula is C19H25N3O5S. The van der Waals surface area contributed by atoms with Crippen molar-refractivity contribution in [3.05, 3.63) is 24.3 Å². The highest BCUT2D eigenvalue weighted by molar-refractivity contribution is 7.91. The van der Waals surface area contributed by atoms with E-state index >= 15 is 0 Å². The van der Waals surface area contributed by atoms with Gasteiger partial charge in [0.25, 0.3) is 5.91 Å². The van der Waals surface area contributed by atoms with Gasteiger partial charge in [0, 0.05) is 39.1 Å². The lowest BCUT2D eigenvalue weighted by Gasteiger charge is -2.40. The van der Waals surface area contributed by atoms with E-state index in [-0.39, 0.29) is 35.9 Å². The minimum absolute atomic E-state index is 0.0632. The van der Waals surface area contributed by atoms with E-state index in [4.69, 9.17) is 4.74 Å². The highest BCUT2D eigenvalue weighted by Crippen LogP contribution is 2.33. The first-order valence-corrected chi connectivity index (χ1v) is 11.4. The SMILES string of the molecule is CC(=O)N1C[C@@H](C(=O)N2CCN([C@H]3CCS(=O)(=O)C3)CC2)Oc2ccccc21. The summed E-state index contributed by atoms with van der Waals surface area (Å²) in [5.41, 5.74) is 0.686. The second-order valence-electron chi connectivity index (χ2n) is 7.62. The third-order valence-electron chi connectivity index (χ3n) is 5.78. The number of ether oxygens (including phenoxy) is 1. The Labute approximate surface area is 164 Å². The molecule has 4 rings (SSSR count). The molecule has 3 aliphatic rings. The van der Waals surface area contributed by atoms with Gasteiger partial charge in [-0.05, 0) is 18.6 Å². The Hall–Kier alpha value is -2.13. The number of hydrogen-bond acceptors (Lipinski definition) is 6. The van der Waals surface area contributed by atoms with Crippen LogP contribution >= 0.6 is 0 Å². The fraction of sp³-hybridized carbons (Fsp3) is 0.579. The molecule has 2 fully saturated rings. The van der Waals surface area contributed by atoms with E-state index in [9.17, 15) is 18.0 Å². The van der Waals surface area contributed by atoms with Crippen molar-refractivity contribution in [1.29, 1.82) is 0 Å². The van der Waals surface area contributed by atoms with Crippen LogP contribution in [0.4, 0.5) is 5.69 Å². The van der Waals surface area contributed by atoms with Crippen molar-refractivity contribution in [2.24, 2.45) is 0 Å². The maximum Gasteiger partial charge on any atom is 0.265 e. The maximum atomic E-state index is 13.0. The number of benzene rings is 1. The van der Waals surface area contributed by atoms with Crippen molar-refractivity contribution in [2.75, 3.05) is 49.1 Å². The Balaban J connectivity index is 1.40. The van der Waals surface area contributed by atoms with Gasteiger partial charge < -0.3 is 14.5 Å². The van der Waals surface area contributed by atoms with E-state index in [1.54, 1.807) is 15.9 Å². The standard InChI is InChI=1S/C19H25N3O5S/c1-14(23)22-12-18(27-17-5-3-2-4-16(17)22)19(24)21-9-7-20(8-10-21)15-6-11-28(25,26)13-15/h2-5,15,18H,6-13H2,1H3/t15-,18-/m0/s1. The molecule has 8 nitrogen and oxygen atoms in total. The highest BCUT2D eigenvalue weighted by Gasteiger charge is 2.38. The van der Waals surface area contributed by atoms with Crippen molar-refractivity contribution in [2.45, 2.75) is 25.5 Å². The third-order valence-corrected chi connectivity index (χ3v) is 7.53. The van der Waals surface area contributed by atoms with Crippen LogP contribution in [0.2, 0.25) is 0 Å². The topological polar surface area (TPSA) is 87.2 Å². The molecule has 2 atom stereocenters. The van der Waals surface area contributed by atoms with E-state index in [2.05, 4.69) is 4.90 Å². The van der Waals surface area contributed by atoms with Crippen LogP contribution in [0.3, 0.4) is 0 Å². The molecule has 0 saturated carbocycles. The predicted molar refractivity (Wildman–Crippen MR) is 104 cm³/mol. The molecule has 28 heavy (non-hydrogen) atoms. The molecule has 3 aliphatic heterocycles. The van der Waals surface area contributed by atoms with Crippen LogP contribution in [-0.4, -0.2) is 86.4 Å². The lowest BCUT2D eigenvalue weighted by Crippen LogP contribution is -2.57. The molecule has 1 aromatic carbocycles. The Morgan fingerprint density at radius 3 is 2.46 bits per heavy atom. The summed E-state index contributed by atoms with van der Waals surface area (Å²) < 4.78 is 29.3. The van der Waals surface area contributed by atoms with Gasteiger partial charge in [0.15, 0.2) is 15.9 Å². The Kier molecular flexibility index (Phi) is 5.05. The van der Waals surface area contributed by atoms with Gasteiger partial charge in [-0.2, -0.15) is 0 Å². The van der Waals surface area contributed by atoms with Crippen molar-refractivity contribution >= 4 is 27.3 Å². The molecule has 0 aromatic heterocycles.